The van der Waals surface area contributed by atoms with Crippen molar-refractivity contribution in [1.82, 2.24) is 0 Å². The molecule has 0 fully saturated rings. The molecule has 0 unspecified atom stereocenters. The van der Waals surface area contributed by atoms with Crippen LogP contribution < -0.4 is 57.1 Å². The molecule has 0 atom stereocenters. The van der Waals surface area contributed by atoms with E-state index in [9.17, 15) is 0 Å². The Balaban J connectivity index is -0.00000000200. The van der Waals surface area contributed by atoms with Gasteiger partial charge in [0, 0.05) is 0 Å². The van der Waals surface area contributed by atoms with Crippen molar-refractivity contribution in [2.45, 2.75) is 0 Å². The van der Waals surface area contributed by atoms with Gasteiger partial charge >= 0.3 is 100 Å². The van der Waals surface area contributed by atoms with Crippen LogP contribution in [0.1, 0.15) is 4.28 Å². The van der Waals surface area contributed by atoms with Crippen molar-refractivity contribution in [2.75, 3.05) is 0 Å². The second-order valence-corrected chi connectivity index (χ2v) is 0.136. The van der Waals surface area contributed by atoms with E-state index in [0.717, 1.165) is 0 Å². The van der Waals surface area contributed by atoms with E-state index < -0.39 is 0 Å². The van der Waals surface area contributed by atoms with Gasteiger partial charge in [-0.1, -0.05) is 0 Å². The average Bonchev–Trinajstić information content (AvgIpc) is 0.918. The minimum Gasteiger partial charge on any atom is -1.00 e. The van der Waals surface area contributed by atoms with Crippen molar-refractivity contribution in [3.8, 4) is 0 Å². The molecule has 0 bridgehead atoms. The molecule has 0 rings (SSSR count). The zero-order chi connectivity index (χ0) is 2.71. The van der Waals surface area contributed by atoms with Crippen molar-refractivity contribution in [3.63, 3.8) is 0 Å². The molecule has 0 spiro atoms. The van der Waals surface area contributed by atoms with Crippen molar-refractivity contribution >= 4 is 55.3 Å². The van der Waals surface area contributed by atoms with Crippen LogP contribution in [-0.2, 0) is 4.79 Å². The SMILES string of the molecule is NC=O.[Ba+2].[H-].[H-].[H-].[K+]. The molecular weight excluding hydrogens is 218 g/mol. The molecule has 0 aromatic carbocycles. The maximum Gasteiger partial charge on any atom is 2.00 e. The monoisotopic (exact) mass is 225 g/mol. The van der Waals surface area contributed by atoms with Crippen LogP contribution in [0.4, 0.5) is 0 Å². The Morgan fingerprint density at radius 3 is 1.80 bits per heavy atom. The van der Waals surface area contributed by atoms with Gasteiger partial charge in [0.2, 0.25) is 6.41 Å². The molecule has 0 saturated heterocycles. The number of rotatable bonds is 0. The molecule has 0 aliphatic heterocycles. The van der Waals surface area contributed by atoms with Gasteiger partial charge in [-0.3, -0.25) is 4.79 Å². The molecule has 24 valence electrons. The molecule has 0 radical (unpaired) electrons. The molecule has 2 nitrogen and oxygen atoms in total. The molecule has 5 heavy (non-hydrogen) atoms. The van der Waals surface area contributed by atoms with E-state index in [-0.39, 0.29) is 111 Å². The first kappa shape index (κ1) is 15.6. The fraction of sp³-hybridized carbons (Fsp3) is 0. The van der Waals surface area contributed by atoms with Gasteiger partial charge in [-0.05, 0) is 0 Å². The third-order valence-corrected chi connectivity index (χ3v) is 0. The summed E-state index contributed by atoms with van der Waals surface area (Å²) < 4.78 is 0. The Hall–Kier alpha value is 2.68. The first-order valence-corrected chi connectivity index (χ1v) is 0.569. The number of carbonyl (C=O) groups excluding carboxylic acids is 1. The predicted molar refractivity (Wildman–Crippen MR) is 19.3 cm³/mol. The summed E-state index contributed by atoms with van der Waals surface area (Å²) in [6, 6.07) is 0. The van der Waals surface area contributed by atoms with E-state index in [2.05, 4.69) is 5.73 Å². The molecule has 0 aromatic rings. The number of amides is 1. The van der Waals surface area contributed by atoms with Crippen LogP contribution in [0.25, 0.3) is 0 Å². The first-order valence-electron chi connectivity index (χ1n) is 0.569. The van der Waals surface area contributed by atoms with Crippen molar-refractivity contribution in [2.24, 2.45) is 5.73 Å². The van der Waals surface area contributed by atoms with Crippen LogP contribution in [0.3, 0.4) is 0 Å². The Labute approximate surface area is 118 Å². The number of hydrogen-bond donors (Lipinski definition) is 1. The molecule has 0 heterocycles. The van der Waals surface area contributed by atoms with Crippen LogP contribution in [-0.4, -0.2) is 55.3 Å². The molecule has 0 aromatic heterocycles. The van der Waals surface area contributed by atoms with Gasteiger partial charge in [-0.15, -0.1) is 0 Å². The zero-order valence-electron chi connectivity index (χ0n) is 6.27. The van der Waals surface area contributed by atoms with Crippen LogP contribution in [0.5, 0.6) is 0 Å². The number of primary amides is 1. The largest absolute Gasteiger partial charge is 2.00 e. The minimum atomic E-state index is 0. The van der Waals surface area contributed by atoms with Gasteiger partial charge in [0.1, 0.15) is 0 Å². The van der Waals surface area contributed by atoms with Gasteiger partial charge < -0.3 is 10.0 Å². The fourth-order valence-electron chi connectivity index (χ4n) is 0. The van der Waals surface area contributed by atoms with Crippen LogP contribution in [0, 0.1) is 0 Å². The molecule has 0 saturated carbocycles. The molecule has 2 N–H and O–H groups in total. The topological polar surface area (TPSA) is 43.1 Å². The Morgan fingerprint density at radius 1 is 1.80 bits per heavy atom. The minimum absolute atomic E-state index is 0. The van der Waals surface area contributed by atoms with Gasteiger partial charge in [0.05, 0.1) is 0 Å². The standard InChI is InChI=1S/CH3NO.Ba.K.3H/c2-1-3;;;;;/h1H,(H2,2,3);;;;;/q;+2;+1;3*-1. The summed E-state index contributed by atoms with van der Waals surface area (Å²) in [6.45, 7) is 0. The molecule has 1 amide bonds. The van der Waals surface area contributed by atoms with E-state index in [4.69, 9.17) is 4.79 Å². The zero-order valence-corrected chi connectivity index (χ0v) is 10.8. The second kappa shape index (κ2) is 15.9. The van der Waals surface area contributed by atoms with Crippen molar-refractivity contribution in [3.05, 3.63) is 0 Å². The van der Waals surface area contributed by atoms with Gasteiger partial charge in [-0.25, -0.2) is 0 Å². The summed E-state index contributed by atoms with van der Waals surface area (Å²) in [4.78, 5) is 8.58. The quantitative estimate of drug-likeness (QED) is 0.331. The number of hydrogen-bond acceptors (Lipinski definition) is 1. The fourth-order valence-corrected chi connectivity index (χ4v) is 0. The third-order valence-electron chi connectivity index (χ3n) is 0. The Bertz CT molecular complexity index is 26.8. The average molecular weight is 224 g/mol. The molecule has 4 heteroatoms. The first-order chi connectivity index (χ1) is 1.41. The van der Waals surface area contributed by atoms with E-state index in [0.29, 0.717) is 0 Å². The van der Waals surface area contributed by atoms with Gasteiger partial charge in [0.25, 0.3) is 0 Å². The normalized spacial score (nSPS) is 2.40. The molecular formula is CH6BaKNO. The number of carbonyl (C=O) groups is 1. The summed E-state index contributed by atoms with van der Waals surface area (Å²) in [5.41, 5.74) is 4.17. The predicted octanol–water partition coefficient (Wildman–Crippen LogP) is -3.94. The third kappa shape index (κ3) is 20.4. The van der Waals surface area contributed by atoms with Crippen molar-refractivity contribution in [1.29, 1.82) is 0 Å². The summed E-state index contributed by atoms with van der Waals surface area (Å²) in [6.07, 6.45) is 0.250. The Kier molecular flexibility index (Phi) is 49.8. The second-order valence-electron chi connectivity index (χ2n) is 0.136. The maximum absolute atomic E-state index is 8.58. The summed E-state index contributed by atoms with van der Waals surface area (Å²) in [5.74, 6) is 0. The summed E-state index contributed by atoms with van der Waals surface area (Å²) >= 11 is 0. The van der Waals surface area contributed by atoms with Crippen LogP contribution in [0.2, 0.25) is 0 Å². The van der Waals surface area contributed by atoms with Crippen LogP contribution >= 0.6 is 0 Å². The van der Waals surface area contributed by atoms with Crippen molar-refractivity contribution < 1.29 is 60.5 Å². The van der Waals surface area contributed by atoms with Gasteiger partial charge in [0.15, 0.2) is 0 Å². The number of nitrogens with two attached hydrogens (primary N) is 1. The van der Waals surface area contributed by atoms with E-state index in [1.54, 1.807) is 0 Å². The van der Waals surface area contributed by atoms with E-state index >= 15 is 0 Å². The Morgan fingerprint density at radius 2 is 1.80 bits per heavy atom. The molecule has 0 aliphatic carbocycles. The van der Waals surface area contributed by atoms with Crippen LogP contribution in [0.15, 0.2) is 0 Å². The summed E-state index contributed by atoms with van der Waals surface area (Å²) in [5, 5.41) is 0. The maximum atomic E-state index is 8.58. The molecule has 0 aliphatic rings. The summed E-state index contributed by atoms with van der Waals surface area (Å²) in [7, 11) is 0. The van der Waals surface area contributed by atoms with Gasteiger partial charge in [-0.2, -0.15) is 0 Å². The van der Waals surface area contributed by atoms with E-state index in [1.807, 2.05) is 0 Å². The smallest absolute Gasteiger partial charge is 1.00 e. The van der Waals surface area contributed by atoms with E-state index in [1.165, 1.54) is 0 Å².